The Bertz CT molecular complexity index is 329. The molecular formula is C18H34N2O. The molecule has 3 heteroatoms. The fraction of sp³-hybridized carbons (Fsp3) is 0.944. The lowest BCUT2D eigenvalue weighted by atomic mass is 9.77. The molecule has 0 aromatic heterocycles. The van der Waals surface area contributed by atoms with E-state index in [1.54, 1.807) is 0 Å². The zero-order valence-electron chi connectivity index (χ0n) is 14.3. The molecule has 2 saturated heterocycles. The van der Waals surface area contributed by atoms with E-state index >= 15 is 0 Å². The molecule has 0 radical (unpaired) electrons. The van der Waals surface area contributed by atoms with Crippen LogP contribution in [-0.2, 0) is 4.79 Å². The van der Waals surface area contributed by atoms with Crippen LogP contribution in [0.15, 0.2) is 0 Å². The van der Waals surface area contributed by atoms with Gasteiger partial charge >= 0.3 is 0 Å². The first-order valence-electron chi connectivity index (χ1n) is 8.95. The van der Waals surface area contributed by atoms with E-state index in [9.17, 15) is 4.79 Å². The maximum absolute atomic E-state index is 12.5. The smallest absolute Gasteiger partial charge is 0.222 e. The Morgan fingerprint density at radius 1 is 1.14 bits per heavy atom. The number of likely N-dealkylation sites (tertiary alicyclic amines) is 1. The minimum absolute atomic E-state index is 0.382. The first-order chi connectivity index (χ1) is 9.97. The van der Waals surface area contributed by atoms with E-state index in [0.29, 0.717) is 11.3 Å². The summed E-state index contributed by atoms with van der Waals surface area (Å²) in [6.07, 6.45) is 8.04. The third-order valence-corrected chi connectivity index (χ3v) is 5.47. The summed E-state index contributed by atoms with van der Waals surface area (Å²) in [5.74, 6) is 1.88. The molecule has 2 fully saturated rings. The number of hydrogen-bond acceptors (Lipinski definition) is 2. The van der Waals surface area contributed by atoms with Crippen molar-refractivity contribution in [3.8, 4) is 0 Å². The topological polar surface area (TPSA) is 32.3 Å². The van der Waals surface area contributed by atoms with Crippen molar-refractivity contribution in [1.29, 1.82) is 0 Å². The van der Waals surface area contributed by atoms with Crippen LogP contribution in [0.1, 0.15) is 65.7 Å². The number of piperidine rings is 1. The minimum Gasteiger partial charge on any atom is -0.343 e. The number of hydrogen-bond donors (Lipinski definition) is 1. The summed E-state index contributed by atoms with van der Waals surface area (Å²) in [6.45, 7) is 11.2. The van der Waals surface area contributed by atoms with Crippen molar-refractivity contribution < 1.29 is 4.79 Å². The predicted molar refractivity (Wildman–Crippen MR) is 88.2 cm³/mol. The highest BCUT2D eigenvalue weighted by molar-refractivity contribution is 5.76. The van der Waals surface area contributed by atoms with Crippen molar-refractivity contribution >= 4 is 5.91 Å². The summed E-state index contributed by atoms with van der Waals surface area (Å²) in [5.41, 5.74) is 0.382. The first-order valence-corrected chi connectivity index (χ1v) is 8.95. The van der Waals surface area contributed by atoms with Crippen molar-refractivity contribution in [3.05, 3.63) is 0 Å². The number of nitrogens with one attached hydrogen (secondary N) is 1. The molecule has 1 amide bonds. The van der Waals surface area contributed by atoms with Gasteiger partial charge in [0.05, 0.1) is 0 Å². The number of carbonyl (C=O) groups excluding carboxylic acids is 1. The van der Waals surface area contributed by atoms with E-state index in [1.807, 2.05) is 0 Å². The highest BCUT2D eigenvalue weighted by atomic mass is 16.2. The molecule has 2 atom stereocenters. The fourth-order valence-corrected chi connectivity index (χ4v) is 3.87. The zero-order valence-corrected chi connectivity index (χ0v) is 14.3. The van der Waals surface area contributed by atoms with Gasteiger partial charge in [0.1, 0.15) is 0 Å². The van der Waals surface area contributed by atoms with Crippen LogP contribution in [0.5, 0.6) is 0 Å². The SMILES string of the molecule is CC(C)(C)C1CCCN(C(=O)CCC2CCCNC2)CC1. The minimum atomic E-state index is 0.382. The summed E-state index contributed by atoms with van der Waals surface area (Å²) in [4.78, 5) is 14.6. The molecule has 2 aliphatic heterocycles. The van der Waals surface area contributed by atoms with Crippen LogP contribution in [0.3, 0.4) is 0 Å². The fourth-order valence-electron chi connectivity index (χ4n) is 3.87. The van der Waals surface area contributed by atoms with Crippen LogP contribution in [0, 0.1) is 17.3 Å². The molecule has 122 valence electrons. The van der Waals surface area contributed by atoms with Crippen LogP contribution < -0.4 is 5.32 Å². The molecular weight excluding hydrogens is 260 g/mol. The second kappa shape index (κ2) is 7.62. The summed E-state index contributed by atoms with van der Waals surface area (Å²) in [5, 5.41) is 3.45. The Kier molecular flexibility index (Phi) is 6.09. The molecule has 0 aromatic rings. The molecule has 2 unspecified atom stereocenters. The van der Waals surface area contributed by atoms with Gasteiger partial charge in [0.2, 0.25) is 5.91 Å². The summed E-state index contributed by atoms with van der Waals surface area (Å²) in [7, 11) is 0. The number of carbonyl (C=O) groups is 1. The number of rotatable bonds is 3. The van der Waals surface area contributed by atoms with Crippen LogP contribution in [-0.4, -0.2) is 37.0 Å². The highest BCUT2D eigenvalue weighted by Gasteiger charge is 2.28. The molecule has 21 heavy (non-hydrogen) atoms. The van der Waals surface area contributed by atoms with E-state index in [2.05, 4.69) is 31.0 Å². The normalized spacial score (nSPS) is 28.2. The number of nitrogens with zero attached hydrogens (tertiary/aromatic N) is 1. The van der Waals surface area contributed by atoms with Gasteiger partial charge in [-0.3, -0.25) is 4.79 Å². The van der Waals surface area contributed by atoms with Gasteiger partial charge in [-0.15, -0.1) is 0 Å². The van der Waals surface area contributed by atoms with E-state index in [4.69, 9.17) is 0 Å². The number of amides is 1. The molecule has 2 aliphatic rings. The van der Waals surface area contributed by atoms with Gasteiger partial charge in [-0.25, -0.2) is 0 Å². The molecule has 2 heterocycles. The average molecular weight is 294 g/mol. The molecule has 0 spiro atoms. The van der Waals surface area contributed by atoms with Gasteiger partial charge in [-0.2, -0.15) is 0 Å². The average Bonchev–Trinajstić information content (AvgIpc) is 2.71. The lowest BCUT2D eigenvalue weighted by molar-refractivity contribution is -0.131. The third-order valence-electron chi connectivity index (χ3n) is 5.47. The molecule has 1 N–H and O–H groups in total. The van der Waals surface area contributed by atoms with Crippen molar-refractivity contribution in [2.45, 2.75) is 65.7 Å². The molecule has 0 aliphatic carbocycles. The summed E-state index contributed by atoms with van der Waals surface area (Å²) < 4.78 is 0. The lowest BCUT2D eigenvalue weighted by Crippen LogP contribution is -2.34. The summed E-state index contributed by atoms with van der Waals surface area (Å²) >= 11 is 0. The lowest BCUT2D eigenvalue weighted by Gasteiger charge is -2.30. The Labute approximate surface area is 130 Å². The van der Waals surface area contributed by atoms with Crippen LogP contribution in [0.25, 0.3) is 0 Å². The van der Waals surface area contributed by atoms with Crippen LogP contribution >= 0.6 is 0 Å². The van der Waals surface area contributed by atoms with E-state index in [-0.39, 0.29) is 0 Å². The second-order valence-electron chi connectivity index (χ2n) is 8.13. The molecule has 0 saturated carbocycles. The zero-order chi connectivity index (χ0) is 15.3. The first kappa shape index (κ1) is 16.8. The maximum atomic E-state index is 12.5. The molecule has 3 nitrogen and oxygen atoms in total. The Balaban J connectivity index is 1.74. The molecule has 0 aromatic carbocycles. The highest BCUT2D eigenvalue weighted by Crippen LogP contribution is 2.34. The van der Waals surface area contributed by atoms with Crippen molar-refractivity contribution in [3.63, 3.8) is 0 Å². The van der Waals surface area contributed by atoms with E-state index in [0.717, 1.165) is 50.9 Å². The van der Waals surface area contributed by atoms with Crippen molar-refractivity contribution in [2.75, 3.05) is 26.2 Å². The van der Waals surface area contributed by atoms with E-state index in [1.165, 1.54) is 32.1 Å². The quantitative estimate of drug-likeness (QED) is 0.865. The Hall–Kier alpha value is -0.570. The van der Waals surface area contributed by atoms with Crippen LogP contribution in [0.2, 0.25) is 0 Å². The van der Waals surface area contributed by atoms with Crippen molar-refractivity contribution in [1.82, 2.24) is 10.2 Å². The predicted octanol–water partition coefficient (Wildman–Crippen LogP) is 3.44. The second-order valence-corrected chi connectivity index (χ2v) is 8.13. The van der Waals surface area contributed by atoms with Crippen LogP contribution in [0.4, 0.5) is 0 Å². The van der Waals surface area contributed by atoms with Gasteiger partial charge in [0.15, 0.2) is 0 Å². The summed E-state index contributed by atoms with van der Waals surface area (Å²) in [6, 6.07) is 0. The largest absolute Gasteiger partial charge is 0.343 e. The Morgan fingerprint density at radius 3 is 2.62 bits per heavy atom. The van der Waals surface area contributed by atoms with Gasteiger partial charge in [0.25, 0.3) is 0 Å². The van der Waals surface area contributed by atoms with E-state index < -0.39 is 0 Å². The Morgan fingerprint density at radius 2 is 1.95 bits per heavy atom. The van der Waals surface area contributed by atoms with Crippen molar-refractivity contribution in [2.24, 2.45) is 17.3 Å². The van der Waals surface area contributed by atoms with Gasteiger partial charge in [-0.05, 0) is 68.9 Å². The van der Waals surface area contributed by atoms with Gasteiger partial charge in [-0.1, -0.05) is 20.8 Å². The standard InChI is InChI=1S/C18H34N2O/c1-18(2,3)16-7-5-12-20(13-10-16)17(21)9-8-15-6-4-11-19-14-15/h15-16,19H,4-14H2,1-3H3. The molecule has 2 rings (SSSR count). The maximum Gasteiger partial charge on any atom is 0.222 e. The monoisotopic (exact) mass is 294 g/mol. The van der Waals surface area contributed by atoms with Gasteiger partial charge in [0, 0.05) is 19.5 Å². The third kappa shape index (κ3) is 5.28. The van der Waals surface area contributed by atoms with Gasteiger partial charge < -0.3 is 10.2 Å². The molecule has 0 bridgehead atoms.